The van der Waals surface area contributed by atoms with Crippen molar-refractivity contribution >= 4 is 50.8 Å². The van der Waals surface area contributed by atoms with Crippen molar-refractivity contribution in [1.29, 1.82) is 0 Å². The lowest BCUT2D eigenvalue weighted by molar-refractivity contribution is 0.660. The van der Waals surface area contributed by atoms with E-state index >= 15 is 0 Å². The van der Waals surface area contributed by atoms with Crippen LogP contribution in [0.15, 0.2) is 149 Å². The zero-order chi connectivity index (χ0) is 37.4. The Labute approximate surface area is 327 Å². The van der Waals surface area contributed by atoms with Crippen molar-refractivity contribution in [3.63, 3.8) is 0 Å². The molecule has 0 amide bonds. The summed E-state index contributed by atoms with van der Waals surface area (Å²) >= 11 is 2.01. The molecule has 7 aromatic carbocycles. The molecule has 2 nitrogen and oxygen atoms in total. The minimum Gasteiger partial charge on any atom is -0.456 e. The average Bonchev–Trinajstić information content (AvgIpc) is 3.86. The molecule has 0 bridgehead atoms. The third kappa shape index (κ3) is 4.63. The van der Waals surface area contributed by atoms with Gasteiger partial charge in [0.1, 0.15) is 11.2 Å². The topological polar surface area (TPSA) is 16.4 Å². The van der Waals surface area contributed by atoms with E-state index in [1.54, 1.807) is 0 Å². The first-order chi connectivity index (χ1) is 26.6. The minimum absolute atomic E-state index is 0.134. The molecule has 0 saturated heterocycles. The van der Waals surface area contributed by atoms with Gasteiger partial charge < -0.3 is 9.32 Å². The standard InChI is InChI=1S/C52H43NOS/c1-30-31(2)55-50-24-19-32(25-40(30)50)41-28-42-36-14-8-11-17-44(36)52(5,6)46(42)29-47(41)53(34-21-23-39-38-15-9-12-18-48(38)54-49(39)27-34)33-20-22-37-35-13-7-10-16-43(35)51(3,4)45(37)26-33/h7-31H,1-6H3. The number of anilines is 3. The maximum absolute atomic E-state index is 6.57. The second kappa shape index (κ2) is 11.5. The molecule has 0 spiro atoms. The molecule has 3 heteroatoms. The fourth-order valence-corrected chi connectivity index (χ4v) is 11.3. The number of hydrogen-bond acceptors (Lipinski definition) is 3. The molecule has 8 aromatic rings. The normalized spacial score (nSPS) is 18.2. The van der Waals surface area contributed by atoms with Crippen molar-refractivity contribution in [3.8, 4) is 33.4 Å². The van der Waals surface area contributed by atoms with Crippen LogP contribution in [0.5, 0.6) is 0 Å². The number of benzene rings is 7. The third-order valence-electron chi connectivity index (χ3n) is 13.2. The zero-order valence-electron chi connectivity index (χ0n) is 32.2. The van der Waals surface area contributed by atoms with Gasteiger partial charge in [0, 0.05) is 54.8 Å². The number of thioether (sulfide) groups is 1. The molecule has 55 heavy (non-hydrogen) atoms. The van der Waals surface area contributed by atoms with Crippen LogP contribution in [0, 0.1) is 0 Å². The molecule has 0 saturated carbocycles. The van der Waals surface area contributed by atoms with Crippen molar-refractivity contribution in [2.45, 2.75) is 68.4 Å². The van der Waals surface area contributed by atoms with Crippen LogP contribution in [-0.2, 0) is 10.8 Å². The van der Waals surface area contributed by atoms with E-state index in [0.717, 1.165) is 33.3 Å². The molecule has 1 aromatic heterocycles. The van der Waals surface area contributed by atoms with Gasteiger partial charge in [-0.05, 0) is 116 Å². The van der Waals surface area contributed by atoms with Crippen LogP contribution in [0.3, 0.4) is 0 Å². The SMILES string of the molecule is CC1Sc2ccc(-c3cc4c(cc3N(c3ccc5c(c3)C(C)(C)c3ccccc3-5)c3ccc5c(c3)oc3ccccc35)C(C)(C)c3ccccc3-4)cc2C1C. The summed E-state index contributed by atoms with van der Waals surface area (Å²) in [5.41, 5.74) is 19.6. The lowest BCUT2D eigenvalue weighted by Gasteiger charge is -2.31. The highest BCUT2D eigenvalue weighted by Crippen LogP contribution is 2.56. The van der Waals surface area contributed by atoms with Crippen molar-refractivity contribution in [1.82, 2.24) is 0 Å². The summed E-state index contributed by atoms with van der Waals surface area (Å²) in [5, 5.41) is 2.84. The number of para-hydroxylation sites is 1. The largest absolute Gasteiger partial charge is 0.456 e. The minimum atomic E-state index is -0.159. The first-order valence-corrected chi connectivity index (χ1v) is 20.5. The van der Waals surface area contributed by atoms with Crippen molar-refractivity contribution in [2.75, 3.05) is 4.90 Å². The summed E-state index contributed by atoms with van der Waals surface area (Å²) in [6, 6.07) is 52.4. The van der Waals surface area contributed by atoms with Gasteiger partial charge in [0.15, 0.2) is 0 Å². The van der Waals surface area contributed by atoms with E-state index in [-0.39, 0.29) is 10.8 Å². The van der Waals surface area contributed by atoms with Crippen LogP contribution in [0.2, 0.25) is 0 Å². The second-order valence-electron chi connectivity index (χ2n) is 17.0. The van der Waals surface area contributed by atoms with Crippen LogP contribution >= 0.6 is 11.8 Å². The van der Waals surface area contributed by atoms with Crippen molar-refractivity contribution < 1.29 is 4.42 Å². The first-order valence-electron chi connectivity index (χ1n) is 19.6. The quantitative estimate of drug-likeness (QED) is 0.179. The molecule has 1 aliphatic heterocycles. The van der Waals surface area contributed by atoms with Gasteiger partial charge >= 0.3 is 0 Å². The summed E-state index contributed by atoms with van der Waals surface area (Å²) in [6.45, 7) is 14.3. The number of fused-ring (bicyclic) bond motifs is 10. The number of furan rings is 1. The molecule has 2 atom stereocenters. The van der Waals surface area contributed by atoms with E-state index in [2.05, 4.69) is 186 Å². The average molecular weight is 730 g/mol. The zero-order valence-corrected chi connectivity index (χ0v) is 33.0. The van der Waals surface area contributed by atoms with E-state index < -0.39 is 0 Å². The van der Waals surface area contributed by atoms with Gasteiger partial charge in [-0.3, -0.25) is 0 Å². The molecular weight excluding hydrogens is 687 g/mol. The van der Waals surface area contributed by atoms with Crippen molar-refractivity contribution in [3.05, 3.63) is 167 Å². The molecule has 268 valence electrons. The predicted octanol–water partition coefficient (Wildman–Crippen LogP) is 14.9. The van der Waals surface area contributed by atoms with E-state index in [1.807, 2.05) is 11.8 Å². The van der Waals surface area contributed by atoms with Crippen LogP contribution in [0.4, 0.5) is 17.1 Å². The van der Waals surface area contributed by atoms with Gasteiger partial charge in [0.05, 0.1) is 5.69 Å². The molecule has 0 N–H and O–H groups in total. The Kier molecular flexibility index (Phi) is 6.88. The molecule has 11 rings (SSSR count). The molecule has 2 unspecified atom stereocenters. The number of nitrogens with zero attached hydrogens (tertiary/aromatic N) is 1. The highest BCUT2D eigenvalue weighted by molar-refractivity contribution is 8.00. The van der Waals surface area contributed by atoms with Crippen LogP contribution in [0.1, 0.15) is 75.3 Å². The van der Waals surface area contributed by atoms with Crippen molar-refractivity contribution in [2.24, 2.45) is 0 Å². The Morgan fingerprint density at radius 1 is 0.509 bits per heavy atom. The molecular formula is C52H43NOS. The van der Waals surface area contributed by atoms with E-state index in [9.17, 15) is 0 Å². The lowest BCUT2D eigenvalue weighted by atomic mass is 9.81. The monoisotopic (exact) mass is 729 g/mol. The highest BCUT2D eigenvalue weighted by atomic mass is 32.2. The molecule has 2 heterocycles. The third-order valence-corrected chi connectivity index (χ3v) is 14.6. The van der Waals surface area contributed by atoms with Gasteiger partial charge in [0.25, 0.3) is 0 Å². The lowest BCUT2D eigenvalue weighted by Crippen LogP contribution is -2.18. The first kappa shape index (κ1) is 32.9. The fourth-order valence-electron chi connectivity index (χ4n) is 10.00. The van der Waals surface area contributed by atoms with Gasteiger partial charge in [-0.2, -0.15) is 0 Å². The van der Waals surface area contributed by atoms with Gasteiger partial charge in [-0.15, -0.1) is 11.8 Å². The molecule has 2 aliphatic carbocycles. The van der Waals surface area contributed by atoms with Crippen LogP contribution in [-0.4, -0.2) is 5.25 Å². The maximum atomic E-state index is 6.57. The highest BCUT2D eigenvalue weighted by Gasteiger charge is 2.39. The van der Waals surface area contributed by atoms with Gasteiger partial charge in [-0.25, -0.2) is 0 Å². The summed E-state index contributed by atoms with van der Waals surface area (Å²) in [6.07, 6.45) is 0. The summed E-state index contributed by atoms with van der Waals surface area (Å²) in [7, 11) is 0. The maximum Gasteiger partial charge on any atom is 0.137 e. The van der Waals surface area contributed by atoms with Gasteiger partial charge in [0.2, 0.25) is 0 Å². The van der Waals surface area contributed by atoms with Crippen LogP contribution < -0.4 is 4.90 Å². The molecule has 3 aliphatic rings. The number of rotatable bonds is 4. The fraction of sp³-hybridized carbons (Fsp3) is 0.192. The summed E-state index contributed by atoms with van der Waals surface area (Å²) in [5.74, 6) is 0.490. The Balaban J connectivity index is 1.21. The summed E-state index contributed by atoms with van der Waals surface area (Å²) < 4.78 is 6.57. The predicted molar refractivity (Wildman–Crippen MR) is 233 cm³/mol. The van der Waals surface area contributed by atoms with E-state index in [0.29, 0.717) is 11.2 Å². The Bertz CT molecular complexity index is 2910. The van der Waals surface area contributed by atoms with E-state index in [1.165, 1.54) is 71.8 Å². The molecule has 0 radical (unpaired) electrons. The smallest absolute Gasteiger partial charge is 0.137 e. The van der Waals surface area contributed by atoms with Gasteiger partial charge in [-0.1, -0.05) is 120 Å². The Morgan fingerprint density at radius 3 is 1.91 bits per heavy atom. The second-order valence-corrected chi connectivity index (χ2v) is 18.4. The molecule has 0 fully saturated rings. The van der Waals surface area contributed by atoms with E-state index in [4.69, 9.17) is 4.42 Å². The Morgan fingerprint density at radius 2 is 1.13 bits per heavy atom. The Hall–Kier alpha value is -5.51. The summed E-state index contributed by atoms with van der Waals surface area (Å²) in [4.78, 5) is 3.92. The van der Waals surface area contributed by atoms with Crippen LogP contribution in [0.25, 0.3) is 55.3 Å². The number of hydrogen-bond donors (Lipinski definition) is 0.